The molecule has 8 heteroatoms. The summed E-state index contributed by atoms with van der Waals surface area (Å²) in [6, 6.07) is 2.44. The van der Waals surface area contributed by atoms with Gasteiger partial charge in [-0.15, -0.1) is 0 Å². The molecule has 0 aliphatic carbocycles. The highest BCUT2D eigenvalue weighted by Crippen LogP contribution is 2.30. The minimum absolute atomic E-state index is 0.0549. The Bertz CT molecular complexity index is 689. The Labute approximate surface area is 128 Å². The second kappa shape index (κ2) is 5.51. The molecule has 0 amide bonds. The molecule has 5 nitrogen and oxygen atoms in total. The maximum Gasteiger partial charge on any atom is 0.230 e. The first-order valence-electron chi connectivity index (χ1n) is 6.46. The first-order chi connectivity index (χ1) is 10.1. The normalized spacial score (nSPS) is 14.7. The predicted molar refractivity (Wildman–Crippen MR) is 78.7 cm³/mol. The predicted octanol–water partition coefficient (Wildman–Crippen LogP) is 2.76. The zero-order chi connectivity index (χ0) is 15.0. The molecule has 0 radical (unpaired) electrons. The summed E-state index contributed by atoms with van der Waals surface area (Å²) in [6.45, 7) is 1.60. The van der Waals surface area contributed by atoms with Crippen LogP contribution in [0.3, 0.4) is 0 Å². The van der Waals surface area contributed by atoms with Gasteiger partial charge in [0.25, 0.3) is 0 Å². The van der Waals surface area contributed by atoms with Crippen molar-refractivity contribution in [2.24, 2.45) is 0 Å². The molecule has 0 spiro atoms. The summed E-state index contributed by atoms with van der Waals surface area (Å²) in [5.41, 5.74) is 5.35. The van der Waals surface area contributed by atoms with Gasteiger partial charge in [0.05, 0.1) is 10.0 Å². The van der Waals surface area contributed by atoms with Crippen LogP contribution >= 0.6 is 15.9 Å². The Kier molecular flexibility index (Phi) is 3.71. The maximum atomic E-state index is 14.1. The van der Waals surface area contributed by atoms with Crippen LogP contribution < -0.4 is 10.6 Å². The van der Waals surface area contributed by atoms with Crippen molar-refractivity contribution in [3.8, 4) is 11.4 Å². The number of hydrogen-bond acceptors (Lipinski definition) is 5. The summed E-state index contributed by atoms with van der Waals surface area (Å²) in [7, 11) is 0. The molecule has 1 fully saturated rings. The summed E-state index contributed by atoms with van der Waals surface area (Å²) < 4.78 is 28.2. The van der Waals surface area contributed by atoms with Crippen LogP contribution in [0.1, 0.15) is 12.8 Å². The number of nitrogens with zero attached hydrogens (tertiary/aromatic N) is 4. The third-order valence-electron chi connectivity index (χ3n) is 3.30. The molecular weight excluding hydrogens is 344 g/mol. The lowest BCUT2D eigenvalue weighted by molar-refractivity contribution is 0.583. The van der Waals surface area contributed by atoms with Gasteiger partial charge in [-0.2, -0.15) is 15.0 Å². The fourth-order valence-electron chi connectivity index (χ4n) is 2.28. The van der Waals surface area contributed by atoms with Gasteiger partial charge in [-0.05, 0) is 40.9 Å². The molecule has 3 rings (SSSR count). The van der Waals surface area contributed by atoms with Crippen LogP contribution in [0.25, 0.3) is 11.4 Å². The molecular formula is C13H12BrF2N5. The van der Waals surface area contributed by atoms with E-state index in [2.05, 4.69) is 30.9 Å². The Morgan fingerprint density at radius 2 is 1.81 bits per heavy atom. The molecule has 1 aromatic heterocycles. The average Bonchev–Trinajstić information content (AvgIpc) is 2.97. The van der Waals surface area contributed by atoms with Crippen molar-refractivity contribution in [2.75, 3.05) is 23.7 Å². The fraction of sp³-hybridized carbons (Fsp3) is 0.308. The van der Waals surface area contributed by atoms with E-state index >= 15 is 0 Å². The second-order valence-electron chi connectivity index (χ2n) is 4.73. The first kappa shape index (κ1) is 14.1. The molecule has 110 valence electrons. The highest BCUT2D eigenvalue weighted by Gasteiger charge is 2.21. The van der Waals surface area contributed by atoms with Crippen LogP contribution in [0.4, 0.5) is 20.7 Å². The van der Waals surface area contributed by atoms with E-state index in [1.165, 1.54) is 6.07 Å². The molecule has 1 saturated heterocycles. The Hall–Kier alpha value is -1.83. The van der Waals surface area contributed by atoms with Crippen molar-refractivity contribution in [2.45, 2.75) is 12.8 Å². The van der Waals surface area contributed by atoms with Gasteiger partial charge < -0.3 is 10.6 Å². The third kappa shape index (κ3) is 2.67. The second-order valence-corrected chi connectivity index (χ2v) is 5.58. The smallest absolute Gasteiger partial charge is 0.230 e. The van der Waals surface area contributed by atoms with Crippen LogP contribution in [0.5, 0.6) is 0 Å². The molecule has 2 N–H and O–H groups in total. The van der Waals surface area contributed by atoms with E-state index in [1.54, 1.807) is 0 Å². The van der Waals surface area contributed by atoms with E-state index in [9.17, 15) is 8.78 Å². The molecule has 0 bridgehead atoms. The van der Waals surface area contributed by atoms with E-state index in [4.69, 9.17) is 5.73 Å². The lowest BCUT2D eigenvalue weighted by Gasteiger charge is -2.16. The summed E-state index contributed by atoms with van der Waals surface area (Å²) in [6.07, 6.45) is 2.06. The van der Waals surface area contributed by atoms with E-state index in [-0.39, 0.29) is 21.8 Å². The lowest BCUT2D eigenvalue weighted by atomic mass is 10.2. The average molecular weight is 356 g/mol. The number of hydrogen-bond donors (Lipinski definition) is 1. The van der Waals surface area contributed by atoms with Crippen molar-refractivity contribution in [1.82, 2.24) is 15.0 Å². The van der Waals surface area contributed by atoms with Crippen LogP contribution in [0.15, 0.2) is 16.6 Å². The first-order valence-corrected chi connectivity index (χ1v) is 7.26. The topological polar surface area (TPSA) is 67.9 Å². The van der Waals surface area contributed by atoms with E-state index in [1.807, 2.05) is 4.90 Å². The number of nitrogen functional groups attached to an aromatic ring is 1. The zero-order valence-electron chi connectivity index (χ0n) is 11.0. The van der Waals surface area contributed by atoms with Crippen LogP contribution in [-0.2, 0) is 0 Å². The summed E-state index contributed by atoms with van der Waals surface area (Å²) >= 11 is 3.03. The standard InChI is InChI=1S/C13H12BrF2N5/c14-7-3-4-8(15)9(10(7)16)11-18-12(17)20-13(19-11)21-5-1-2-6-21/h3-4H,1-2,5-6H2,(H2,17,18,19,20). The minimum atomic E-state index is -0.757. The number of halogens is 3. The van der Waals surface area contributed by atoms with Crippen molar-refractivity contribution in [1.29, 1.82) is 0 Å². The van der Waals surface area contributed by atoms with Gasteiger partial charge in [0.1, 0.15) is 5.82 Å². The van der Waals surface area contributed by atoms with Gasteiger partial charge in [0, 0.05) is 13.1 Å². The zero-order valence-corrected chi connectivity index (χ0v) is 12.6. The molecule has 2 heterocycles. The highest BCUT2D eigenvalue weighted by atomic mass is 79.9. The van der Waals surface area contributed by atoms with Crippen LogP contribution in [0.2, 0.25) is 0 Å². The van der Waals surface area contributed by atoms with E-state index in [0.29, 0.717) is 5.95 Å². The molecule has 0 saturated carbocycles. The van der Waals surface area contributed by atoms with Crippen molar-refractivity contribution < 1.29 is 8.78 Å². The SMILES string of the molecule is Nc1nc(-c2c(F)ccc(Br)c2F)nc(N2CCCC2)n1. The number of anilines is 2. The monoisotopic (exact) mass is 355 g/mol. The van der Waals surface area contributed by atoms with Crippen LogP contribution in [0, 0.1) is 11.6 Å². The minimum Gasteiger partial charge on any atom is -0.368 e. The van der Waals surface area contributed by atoms with Crippen molar-refractivity contribution >= 4 is 27.8 Å². The molecule has 0 atom stereocenters. The summed E-state index contributed by atoms with van der Waals surface area (Å²) in [4.78, 5) is 14.0. The van der Waals surface area contributed by atoms with Gasteiger partial charge in [-0.1, -0.05) is 0 Å². The molecule has 1 aromatic carbocycles. The maximum absolute atomic E-state index is 14.1. The van der Waals surface area contributed by atoms with E-state index in [0.717, 1.165) is 32.0 Å². The molecule has 2 aromatic rings. The summed E-state index contributed by atoms with van der Waals surface area (Å²) in [5, 5.41) is 0. The van der Waals surface area contributed by atoms with Gasteiger partial charge in [0.2, 0.25) is 11.9 Å². The number of benzene rings is 1. The largest absolute Gasteiger partial charge is 0.368 e. The Balaban J connectivity index is 2.12. The molecule has 21 heavy (non-hydrogen) atoms. The van der Waals surface area contributed by atoms with Gasteiger partial charge >= 0.3 is 0 Å². The van der Waals surface area contributed by atoms with Crippen molar-refractivity contribution in [3.63, 3.8) is 0 Å². The lowest BCUT2D eigenvalue weighted by Crippen LogP contribution is -2.21. The Morgan fingerprint density at radius 1 is 1.10 bits per heavy atom. The third-order valence-corrected chi connectivity index (χ3v) is 3.91. The summed E-state index contributed by atoms with van der Waals surface area (Å²) in [5.74, 6) is -1.29. The van der Waals surface area contributed by atoms with Gasteiger partial charge in [0.15, 0.2) is 11.6 Å². The van der Waals surface area contributed by atoms with Crippen LogP contribution in [-0.4, -0.2) is 28.0 Å². The molecule has 1 aliphatic heterocycles. The number of rotatable bonds is 2. The van der Waals surface area contributed by atoms with Gasteiger partial charge in [-0.25, -0.2) is 8.78 Å². The quantitative estimate of drug-likeness (QED) is 0.839. The number of aromatic nitrogens is 3. The molecule has 0 unspecified atom stereocenters. The number of nitrogens with two attached hydrogens (primary N) is 1. The van der Waals surface area contributed by atoms with E-state index < -0.39 is 11.6 Å². The highest BCUT2D eigenvalue weighted by molar-refractivity contribution is 9.10. The van der Waals surface area contributed by atoms with Gasteiger partial charge in [-0.3, -0.25) is 0 Å². The molecule has 1 aliphatic rings. The van der Waals surface area contributed by atoms with Crippen molar-refractivity contribution in [3.05, 3.63) is 28.2 Å². The fourth-order valence-corrected chi connectivity index (χ4v) is 2.61. The Morgan fingerprint density at radius 3 is 2.52 bits per heavy atom.